The zero-order valence-corrected chi connectivity index (χ0v) is 12.4. The first-order chi connectivity index (χ1) is 9.51. The Morgan fingerprint density at radius 1 is 1.40 bits per heavy atom. The summed E-state index contributed by atoms with van der Waals surface area (Å²) in [5.41, 5.74) is 6.40. The van der Waals surface area contributed by atoms with Crippen LogP contribution < -0.4 is 10.5 Å². The lowest BCUT2D eigenvalue weighted by Crippen LogP contribution is -2.45. The molecule has 1 unspecified atom stereocenters. The maximum absolute atomic E-state index is 12.1. The van der Waals surface area contributed by atoms with Crippen molar-refractivity contribution >= 4 is 10.0 Å². The Bertz CT molecular complexity index is 530. The van der Waals surface area contributed by atoms with E-state index < -0.39 is 10.0 Å². The van der Waals surface area contributed by atoms with Gasteiger partial charge in [0.15, 0.2) is 0 Å². The van der Waals surface area contributed by atoms with Crippen LogP contribution in [0, 0.1) is 0 Å². The number of benzene rings is 1. The smallest absolute Gasteiger partial charge is 0.240 e. The van der Waals surface area contributed by atoms with Gasteiger partial charge in [0, 0.05) is 26.2 Å². The highest BCUT2D eigenvalue weighted by Crippen LogP contribution is 2.11. The highest BCUT2D eigenvalue weighted by molar-refractivity contribution is 7.89. The maximum Gasteiger partial charge on any atom is 0.240 e. The molecule has 0 radical (unpaired) electrons. The number of nitrogens with zero attached hydrogens (tertiary/aromatic N) is 1. The number of likely N-dealkylation sites (N-methyl/N-ethyl adjacent to an activating group) is 1. The van der Waals surface area contributed by atoms with Gasteiger partial charge in [0.1, 0.15) is 0 Å². The minimum absolute atomic E-state index is 0.105. The Kier molecular flexibility index (Phi) is 5.11. The largest absolute Gasteiger partial charge is 0.374 e. The molecule has 0 aromatic heterocycles. The second-order valence-corrected chi connectivity index (χ2v) is 6.72. The quantitative estimate of drug-likeness (QED) is 0.783. The maximum atomic E-state index is 12.1. The molecule has 6 nitrogen and oxygen atoms in total. The van der Waals surface area contributed by atoms with Gasteiger partial charge >= 0.3 is 0 Å². The summed E-state index contributed by atoms with van der Waals surface area (Å²) < 4.78 is 32.4. The fourth-order valence-electron chi connectivity index (χ4n) is 2.08. The number of rotatable bonds is 5. The lowest BCUT2D eigenvalue weighted by Gasteiger charge is -2.30. The second-order valence-electron chi connectivity index (χ2n) is 4.96. The third-order valence-corrected chi connectivity index (χ3v) is 4.75. The standard InChI is InChI=1S/C13H21N3O3S/c1-16-6-7-19-12(10-16)9-15-20(17,18)13-4-2-11(8-14)3-5-13/h2-5,12,15H,6-10,14H2,1H3. The first-order valence-corrected chi connectivity index (χ1v) is 8.08. The molecule has 1 aliphatic heterocycles. The van der Waals surface area contributed by atoms with Crippen molar-refractivity contribution in [2.45, 2.75) is 17.5 Å². The SMILES string of the molecule is CN1CCOC(CNS(=O)(=O)c2ccc(CN)cc2)C1. The van der Waals surface area contributed by atoms with Gasteiger partial charge in [0.2, 0.25) is 10.0 Å². The van der Waals surface area contributed by atoms with Crippen LogP contribution in [-0.2, 0) is 21.3 Å². The molecule has 2 rings (SSSR count). The molecule has 1 fully saturated rings. The summed E-state index contributed by atoms with van der Waals surface area (Å²) in [4.78, 5) is 2.37. The van der Waals surface area contributed by atoms with E-state index in [-0.39, 0.29) is 17.5 Å². The fourth-order valence-corrected chi connectivity index (χ4v) is 3.15. The van der Waals surface area contributed by atoms with E-state index in [9.17, 15) is 8.42 Å². The van der Waals surface area contributed by atoms with Gasteiger partial charge in [-0.3, -0.25) is 0 Å². The van der Waals surface area contributed by atoms with Gasteiger partial charge in [-0.15, -0.1) is 0 Å². The number of morpholine rings is 1. The van der Waals surface area contributed by atoms with Crippen LogP contribution in [0.3, 0.4) is 0 Å². The topological polar surface area (TPSA) is 84.7 Å². The Labute approximate surface area is 120 Å². The predicted molar refractivity (Wildman–Crippen MR) is 76.8 cm³/mol. The van der Waals surface area contributed by atoms with Crippen molar-refractivity contribution < 1.29 is 13.2 Å². The van der Waals surface area contributed by atoms with E-state index in [1.54, 1.807) is 24.3 Å². The van der Waals surface area contributed by atoms with E-state index in [4.69, 9.17) is 10.5 Å². The summed E-state index contributed by atoms with van der Waals surface area (Å²) in [5, 5.41) is 0. The molecule has 1 aromatic rings. The first kappa shape index (κ1) is 15.4. The van der Waals surface area contributed by atoms with E-state index in [0.717, 1.165) is 18.7 Å². The van der Waals surface area contributed by atoms with Crippen molar-refractivity contribution in [2.24, 2.45) is 5.73 Å². The van der Waals surface area contributed by atoms with Crippen LogP contribution in [0.1, 0.15) is 5.56 Å². The number of nitrogens with two attached hydrogens (primary N) is 1. The summed E-state index contributed by atoms with van der Waals surface area (Å²) in [5.74, 6) is 0. The molecule has 0 amide bonds. The van der Waals surface area contributed by atoms with Crippen LogP contribution in [0.5, 0.6) is 0 Å². The molecule has 20 heavy (non-hydrogen) atoms. The molecule has 1 saturated heterocycles. The van der Waals surface area contributed by atoms with Crippen molar-refractivity contribution in [3.8, 4) is 0 Å². The summed E-state index contributed by atoms with van der Waals surface area (Å²) in [7, 11) is -1.50. The molecule has 1 heterocycles. The Hall–Kier alpha value is -0.990. The lowest BCUT2D eigenvalue weighted by atomic mass is 10.2. The van der Waals surface area contributed by atoms with E-state index >= 15 is 0 Å². The number of sulfonamides is 1. The van der Waals surface area contributed by atoms with Crippen LogP contribution in [0.25, 0.3) is 0 Å². The number of hydrogen-bond donors (Lipinski definition) is 2. The lowest BCUT2D eigenvalue weighted by molar-refractivity contribution is -0.0156. The Morgan fingerprint density at radius 3 is 2.70 bits per heavy atom. The summed E-state index contributed by atoms with van der Waals surface area (Å²) in [6.07, 6.45) is -0.105. The van der Waals surface area contributed by atoms with E-state index in [2.05, 4.69) is 9.62 Å². The number of ether oxygens (including phenoxy) is 1. The summed E-state index contributed by atoms with van der Waals surface area (Å²) >= 11 is 0. The van der Waals surface area contributed by atoms with Gasteiger partial charge in [0.25, 0.3) is 0 Å². The van der Waals surface area contributed by atoms with Gasteiger partial charge < -0.3 is 15.4 Å². The minimum Gasteiger partial charge on any atom is -0.374 e. The molecule has 3 N–H and O–H groups in total. The van der Waals surface area contributed by atoms with E-state index in [1.165, 1.54) is 0 Å². The number of nitrogens with one attached hydrogen (secondary N) is 1. The second kappa shape index (κ2) is 6.64. The van der Waals surface area contributed by atoms with Crippen LogP contribution in [-0.4, -0.2) is 52.7 Å². The normalized spacial score (nSPS) is 21.0. The number of hydrogen-bond acceptors (Lipinski definition) is 5. The third kappa shape index (κ3) is 4.00. The van der Waals surface area contributed by atoms with Crippen molar-refractivity contribution in [1.29, 1.82) is 0 Å². The van der Waals surface area contributed by atoms with Crippen molar-refractivity contribution in [3.63, 3.8) is 0 Å². The molecule has 1 aliphatic rings. The van der Waals surface area contributed by atoms with Gasteiger partial charge in [-0.25, -0.2) is 13.1 Å². The molecule has 112 valence electrons. The van der Waals surface area contributed by atoms with Crippen LogP contribution in [0.15, 0.2) is 29.2 Å². The van der Waals surface area contributed by atoms with Crippen LogP contribution >= 0.6 is 0 Å². The van der Waals surface area contributed by atoms with Crippen LogP contribution in [0.2, 0.25) is 0 Å². The van der Waals surface area contributed by atoms with Crippen molar-refractivity contribution in [1.82, 2.24) is 9.62 Å². The van der Waals surface area contributed by atoms with E-state index in [0.29, 0.717) is 13.2 Å². The molecule has 0 bridgehead atoms. The van der Waals surface area contributed by atoms with Gasteiger partial charge in [0.05, 0.1) is 17.6 Å². The summed E-state index contributed by atoms with van der Waals surface area (Å²) in [6, 6.07) is 6.58. The highest BCUT2D eigenvalue weighted by Gasteiger charge is 2.21. The fraction of sp³-hybridized carbons (Fsp3) is 0.538. The predicted octanol–water partition coefficient (Wildman–Crippen LogP) is -0.246. The monoisotopic (exact) mass is 299 g/mol. The Balaban J connectivity index is 1.96. The average Bonchev–Trinajstić information content (AvgIpc) is 2.45. The summed E-state index contributed by atoms with van der Waals surface area (Å²) in [6.45, 7) is 2.92. The zero-order valence-electron chi connectivity index (χ0n) is 11.6. The molecule has 7 heteroatoms. The molecule has 0 aliphatic carbocycles. The van der Waals surface area contributed by atoms with Crippen LogP contribution in [0.4, 0.5) is 0 Å². The molecule has 0 saturated carbocycles. The first-order valence-electron chi connectivity index (χ1n) is 6.60. The third-order valence-electron chi connectivity index (χ3n) is 3.31. The van der Waals surface area contributed by atoms with Crippen molar-refractivity contribution in [3.05, 3.63) is 29.8 Å². The zero-order chi connectivity index (χ0) is 14.6. The van der Waals surface area contributed by atoms with E-state index in [1.807, 2.05) is 7.05 Å². The minimum atomic E-state index is -3.49. The molecular formula is C13H21N3O3S. The molecular weight excluding hydrogens is 278 g/mol. The van der Waals surface area contributed by atoms with Gasteiger partial charge in [-0.05, 0) is 24.7 Å². The van der Waals surface area contributed by atoms with Gasteiger partial charge in [-0.1, -0.05) is 12.1 Å². The highest BCUT2D eigenvalue weighted by atomic mass is 32.2. The van der Waals surface area contributed by atoms with Crippen molar-refractivity contribution in [2.75, 3.05) is 33.3 Å². The molecule has 1 atom stereocenters. The molecule has 1 aromatic carbocycles. The molecule has 0 spiro atoms. The average molecular weight is 299 g/mol. The Morgan fingerprint density at radius 2 is 2.10 bits per heavy atom. The van der Waals surface area contributed by atoms with Gasteiger partial charge in [-0.2, -0.15) is 0 Å².